The van der Waals surface area contributed by atoms with E-state index in [1.807, 2.05) is 33.8 Å². The molecule has 1 heterocycles. The highest BCUT2D eigenvalue weighted by Crippen LogP contribution is 2.68. The summed E-state index contributed by atoms with van der Waals surface area (Å²) in [5.41, 5.74) is -1.45. The molecule has 4 rings (SSSR count). The van der Waals surface area contributed by atoms with Gasteiger partial charge in [-0.3, -0.25) is 9.59 Å². The van der Waals surface area contributed by atoms with Crippen LogP contribution >= 0.6 is 0 Å². The van der Waals surface area contributed by atoms with Crippen LogP contribution in [-0.4, -0.2) is 47.4 Å². The number of hydrogen-bond acceptors (Lipinski definition) is 6. The van der Waals surface area contributed by atoms with Gasteiger partial charge in [-0.1, -0.05) is 27.7 Å². The largest absolute Gasteiger partial charge is 0.493 e. The third-order valence-corrected chi connectivity index (χ3v) is 8.55. The molecule has 3 fully saturated rings. The van der Waals surface area contributed by atoms with Gasteiger partial charge in [-0.2, -0.15) is 0 Å². The molecule has 10 atom stereocenters. The first kappa shape index (κ1) is 18.9. The van der Waals surface area contributed by atoms with Crippen LogP contribution in [0, 0.1) is 40.4 Å². The number of Topliss-reactive ketones (excluding diaryl/α,β-unsaturated/α-hetero) is 1. The van der Waals surface area contributed by atoms with E-state index >= 15 is 0 Å². The monoisotopic (exact) mass is 378 g/mol. The Kier molecular flexibility index (Phi) is 4.07. The van der Waals surface area contributed by atoms with E-state index < -0.39 is 29.0 Å². The third-order valence-electron chi connectivity index (χ3n) is 8.55. The Morgan fingerprint density at radius 1 is 1.15 bits per heavy atom. The summed E-state index contributed by atoms with van der Waals surface area (Å²) >= 11 is 0. The molecule has 6 heteroatoms. The number of fused-ring (bicyclic) bond motifs is 2. The highest BCUT2D eigenvalue weighted by atomic mass is 16.5. The number of aliphatic hydroxyl groups excluding tert-OH is 2. The lowest BCUT2D eigenvalue weighted by molar-refractivity contribution is -0.277. The standard InChI is InChI=1S/C21H30O6/c1-9-6-13(26-5)19(25)21(4)11(9)7-14-20(3)12(8-15(22)27-14)10(2)16(23)17(24)18(20)21/h6,9-12,14,16-18,23-24H,7-8H2,1-5H3/t9-,10-,11-,12+,14-,16+,17-,18+,20-,21+/m1/s1. The first-order valence-corrected chi connectivity index (χ1v) is 9.94. The number of ketones is 1. The fourth-order valence-corrected chi connectivity index (χ4v) is 7.21. The molecule has 3 aliphatic carbocycles. The van der Waals surface area contributed by atoms with Gasteiger partial charge in [0.05, 0.1) is 19.3 Å². The van der Waals surface area contributed by atoms with Gasteiger partial charge in [-0.05, 0) is 36.2 Å². The molecule has 2 saturated carbocycles. The second-order valence-corrected chi connectivity index (χ2v) is 9.52. The van der Waals surface area contributed by atoms with Crippen LogP contribution in [0.25, 0.3) is 0 Å². The number of hydrogen-bond donors (Lipinski definition) is 2. The number of ether oxygens (including phenoxy) is 2. The molecule has 0 aromatic heterocycles. The van der Waals surface area contributed by atoms with Gasteiger partial charge in [0.2, 0.25) is 5.78 Å². The Hall–Kier alpha value is -1.40. The van der Waals surface area contributed by atoms with Crippen molar-refractivity contribution in [2.75, 3.05) is 7.11 Å². The molecular formula is C21H30O6. The summed E-state index contributed by atoms with van der Waals surface area (Å²) in [5.74, 6) is -0.976. The van der Waals surface area contributed by atoms with Crippen LogP contribution in [0.4, 0.5) is 0 Å². The lowest BCUT2D eigenvalue weighted by Crippen LogP contribution is -2.73. The SMILES string of the molecule is COC1=C[C@@H](C)[C@H]2C[C@H]3OC(=O)C[C@H]4[C@@H](C)[C@H](O)[C@@H](O)[C@H]([C@@]2(C)C1=O)[C@@]34C. The zero-order valence-electron chi connectivity index (χ0n) is 16.6. The molecule has 0 radical (unpaired) electrons. The second kappa shape index (κ2) is 5.80. The summed E-state index contributed by atoms with van der Waals surface area (Å²) < 4.78 is 11.2. The molecule has 0 unspecified atom stereocenters. The van der Waals surface area contributed by atoms with Crippen molar-refractivity contribution in [3.8, 4) is 0 Å². The number of aliphatic hydroxyl groups is 2. The van der Waals surface area contributed by atoms with Crippen molar-refractivity contribution < 1.29 is 29.3 Å². The topological polar surface area (TPSA) is 93.1 Å². The van der Waals surface area contributed by atoms with Gasteiger partial charge in [0.15, 0.2) is 5.76 Å². The van der Waals surface area contributed by atoms with Gasteiger partial charge in [0.25, 0.3) is 0 Å². The van der Waals surface area contributed by atoms with Crippen molar-refractivity contribution >= 4 is 11.8 Å². The molecular weight excluding hydrogens is 348 g/mol. The van der Waals surface area contributed by atoms with Gasteiger partial charge >= 0.3 is 5.97 Å². The molecule has 150 valence electrons. The maximum atomic E-state index is 13.5. The van der Waals surface area contributed by atoms with Crippen molar-refractivity contribution in [2.45, 2.75) is 58.8 Å². The summed E-state index contributed by atoms with van der Waals surface area (Å²) in [6.45, 7) is 7.87. The smallest absolute Gasteiger partial charge is 0.306 e. The van der Waals surface area contributed by atoms with Crippen LogP contribution in [0.2, 0.25) is 0 Å². The quantitative estimate of drug-likeness (QED) is 0.675. The predicted octanol–water partition coefficient (Wildman–Crippen LogP) is 1.69. The van der Waals surface area contributed by atoms with E-state index in [4.69, 9.17) is 9.47 Å². The van der Waals surface area contributed by atoms with Crippen molar-refractivity contribution in [3.05, 3.63) is 11.8 Å². The first-order chi connectivity index (χ1) is 12.6. The summed E-state index contributed by atoms with van der Waals surface area (Å²) in [6, 6.07) is 0. The highest BCUT2D eigenvalue weighted by molar-refractivity contribution is 5.99. The molecule has 6 nitrogen and oxygen atoms in total. The zero-order chi connectivity index (χ0) is 19.9. The molecule has 0 aromatic carbocycles. The normalized spacial score (nSPS) is 54.4. The Balaban J connectivity index is 1.92. The maximum Gasteiger partial charge on any atom is 0.306 e. The molecule has 2 N–H and O–H groups in total. The summed E-state index contributed by atoms with van der Waals surface area (Å²) in [6.07, 6.45) is 0.251. The molecule has 0 bridgehead atoms. The van der Waals surface area contributed by atoms with Crippen molar-refractivity contribution in [1.29, 1.82) is 0 Å². The molecule has 0 spiro atoms. The highest BCUT2D eigenvalue weighted by Gasteiger charge is 2.72. The predicted molar refractivity (Wildman–Crippen MR) is 96.2 cm³/mol. The molecule has 0 amide bonds. The third kappa shape index (κ3) is 2.14. The molecule has 1 aliphatic heterocycles. The van der Waals surface area contributed by atoms with Crippen molar-refractivity contribution in [3.63, 3.8) is 0 Å². The van der Waals surface area contributed by atoms with E-state index in [1.54, 1.807) is 0 Å². The Morgan fingerprint density at radius 2 is 1.81 bits per heavy atom. The number of rotatable bonds is 1. The number of allylic oxidation sites excluding steroid dienone is 2. The lowest BCUT2D eigenvalue weighted by atomic mass is 9.38. The minimum absolute atomic E-state index is 0.0370. The van der Waals surface area contributed by atoms with E-state index in [1.165, 1.54) is 7.11 Å². The average Bonchev–Trinajstić information content (AvgIpc) is 2.61. The number of carbonyl (C=O) groups excluding carboxylic acids is 2. The number of methoxy groups -OCH3 is 1. The van der Waals surface area contributed by atoms with Gasteiger partial charge in [0, 0.05) is 23.2 Å². The van der Waals surface area contributed by atoms with Gasteiger partial charge in [-0.15, -0.1) is 0 Å². The number of carbonyl (C=O) groups is 2. The van der Waals surface area contributed by atoms with Gasteiger partial charge in [0.1, 0.15) is 6.10 Å². The second-order valence-electron chi connectivity index (χ2n) is 9.52. The number of esters is 1. The van der Waals surface area contributed by atoms with E-state index in [0.29, 0.717) is 12.2 Å². The van der Waals surface area contributed by atoms with Crippen LogP contribution in [0.5, 0.6) is 0 Å². The minimum Gasteiger partial charge on any atom is -0.493 e. The Morgan fingerprint density at radius 3 is 2.44 bits per heavy atom. The Bertz CT molecular complexity index is 715. The zero-order valence-corrected chi connectivity index (χ0v) is 16.6. The summed E-state index contributed by atoms with van der Waals surface area (Å²) in [5, 5.41) is 22.0. The van der Waals surface area contributed by atoms with E-state index in [2.05, 4.69) is 0 Å². The average molecular weight is 378 g/mol. The molecule has 27 heavy (non-hydrogen) atoms. The van der Waals surface area contributed by atoms with Crippen molar-refractivity contribution in [1.82, 2.24) is 0 Å². The van der Waals surface area contributed by atoms with Crippen LogP contribution < -0.4 is 0 Å². The Labute approximate surface area is 159 Å². The van der Waals surface area contributed by atoms with E-state index in [0.717, 1.165) is 0 Å². The fraction of sp³-hybridized carbons (Fsp3) is 0.810. The minimum atomic E-state index is -1.05. The van der Waals surface area contributed by atoms with E-state index in [9.17, 15) is 19.8 Å². The van der Waals surface area contributed by atoms with E-state index in [-0.39, 0.29) is 47.9 Å². The summed E-state index contributed by atoms with van der Waals surface area (Å²) in [7, 11) is 1.49. The van der Waals surface area contributed by atoms with Crippen molar-refractivity contribution in [2.24, 2.45) is 40.4 Å². The summed E-state index contributed by atoms with van der Waals surface area (Å²) in [4.78, 5) is 25.8. The van der Waals surface area contributed by atoms with Crippen LogP contribution in [0.3, 0.4) is 0 Å². The maximum absolute atomic E-state index is 13.5. The van der Waals surface area contributed by atoms with Gasteiger partial charge in [-0.25, -0.2) is 0 Å². The first-order valence-electron chi connectivity index (χ1n) is 9.94. The molecule has 1 saturated heterocycles. The van der Waals surface area contributed by atoms with Gasteiger partial charge < -0.3 is 19.7 Å². The van der Waals surface area contributed by atoms with Crippen LogP contribution in [0.15, 0.2) is 11.8 Å². The molecule has 0 aromatic rings. The lowest BCUT2D eigenvalue weighted by Gasteiger charge is -2.68. The molecule has 4 aliphatic rings. The fourth-order valence-electron chi connectivity index (χ4n) is 7.21. The van der Waals surface area contributed by atoms with Crippen LogP contribution in [-0.2, 0) is 19.1 Å². The van der Waals surface area contributed by atoms with Crippen LogP contribution in [0.1, 0.15) is 40.5 Å².